The van der Waals surface area contributed by atoms with Gasteiger partial charge in [-0.05, 0) is 60.2 Å². The summed E-state index contributed by atoms with van der Waals surface area (Å²) in [5.41, 5.74) is -0.196. The Morgan fingerprint density at radius 2 is 1.67 bits per heavy atom. The Balaban J connectivity index is 1.41. The van der Waals surface area contributed by atoms with Crippen LogP contribution in [0.25, 0.3) is 0 Å². The third-order valence-corrected chi connectivity index (χ3v) is 6.16. The van der Waals surface area contributed by atoms with Gasteiger partial charge in [0, 0.05) is 17.8 Å². The molecule has 1 heterocycles. The van der Waals surface area contributed by atoms with Crippen LogP contribution in [-0.4, -0.2) is 21.1 Å². The number of rotatable bonds is 6. The highest BCUT2D eigenvalue weighted by molar-refractivity contribution is 7.92. The number of carbonyl (C=O) groups excluding carboxylic acids is 1. The number of carbonyl (C=O) groups is 1. The molecule has 7 nitrogen and oxygen atoms in total. The van der Waals surface area contributed by atoms with Crippen LogP contribution < -0.4 is 19.5 Å². The first-order valence-corrected chi connectivity index (χ1v) is 11.1. The maximum absolute atomic E-state index is 12.8. The molecule has 0 aliphatic carbocycles. The molecule has 3 aromatic carbocycles. The lowest BCUT2D eigenvalue weighted by molar-refractivity contribution is -0.137. The van der Waals surface area contributed by atoms with Crippen molar-refractivity contribution in [3.63, 3.8) is 0 Å². The van der Waals surface area contributed by atoms with Crippen LogP contribution in [0.3, 0.4) is 0 Å². The molecule has 0 fully saturated rings. The zero-order valence-electron chi connectivity index (χ0n) is 16.8. The van der Waals surface area contributed by atoms with Gasteiger partial charge in [0.2, 0.25) is 6.79 Å². The van der Waals surface area contributed by atoms with E-state index in [0.29, 0.717) is 17.6 Å². The van der Waals surface area contributed by atoms with Crippen molar-refractivity contribution in [3.8, 4) is 11.5 Å². The van der Waals surface area contributed by atoms with Gasteiger partial charge in [0.15, 0.2) is 11.5 Å². The molecule has 0 unspecified atom stereocenters. The van der Waals surface area contributed by atoms with E-state index in [0.717, 1.165) is 17.7 Å². The topological polar surface area (TPSA) is 93.7 Å². The molecule has 0 saturated heterocycles. The summed E-state index contributed by atoms with van der Waals surface area (Å²) in [7, 11) is -4.15. The Hall–Kier alpha value is -3.73. The monoisotopic (exact) mass is 478 g/mol. The zero-order valence-corrected chi connectivity index (χ0v) is 17.7. The quantitative estimate of drug-likeness (QED) is 0.555. The van der Waals surface area contributed by atoms with Crippen molar-refractivity contribution >= 4 is 21.6 Å². The molecule has 11 heteroatoms. The maximum atomic E-state index is 12.8. The van der Waals surface area contributed by atoms with E-state index < -0.39 is 27.7 Å². The number of alkyl halides is 3. The summed E-state index contributed by atoms with van der Waals surface area (Å²) in [4.78, 5) is 12.2. The summed E-state index contributed by atoms with van der Waals surface area (Å²) in [6.45, 7) is 0.357. The van der Waals surface area contributed by atoms with Gasteiger partial charge >= 0.3 is 6.18 Å². The molecule has 2 N–H and O–H groups in total. The summed E-state index contributed by atoms with van der Waals surface area (Å²) in [6.07, 6.45) is -4.60. The molecule has 0 radical (unpaired) electrons. The zero-order chi connectivity index (χ0) is 23.6. The number of nitrogens with one attached hydrogen (secondary N) is 2. The van der Waals surface area contributed by atoms with Crippen molar-refractivity contribution in [1.82, 2.24) is 5.32 Å². The molecule has 1 aliphatic rings. The molecule has 1 amide bonds. The molecule has 1 aliphatic heterocycles. The van der Waals surface area contributed by atoms with E-state index in [1.165, 1.54) is 30.3 Å². The van der Waals surface area contributed by atoms with Crippen molar-refractivity contribution in [2.75, 3.05) is 11.5 Å². The average molecular weight is 478 g/mol. The van der Waals surface area contributed by atoms with Crippen molar-refractivity contribution in [2.45, 2.75) is 17.6 Å². The van der Waals surface area contributed by atoms with E-state index in [1.54, 1.807) is 18.2 Å². The molecule has 4 rings (SSSR count). The lowest BCUT2D eigenvalue weighted by Gasteiger charge is -2.12. The fraction of sp³-hybridized carbons (Fsp3) is 0.136. The van der Waals surface area contributed by atoms with Gasteiger partial charge in [0.1, 0.15) is 0 Å². The van der Waals surface area contributed by atoms with Gasteiger partial charge in [0.25, 0.3) is 15.9 Å². The summed E-state index contributed by atoms with van der Waals surface area (Å²) in [5, 5.41) is 2.72. The molecule has 3 aromatic rings. The Kier molecular flexibility index (Phi) is 5.90. The Labute approximate surface area is 187 Å². The minimum atomic E-state index is -4.60. The van der Waals surface area contributed by atoms with Crippen LogP contribution in [0.5, 0.6) is 11.5 Å². The second kappa shape index (κ2) is 8.66. The van der Waals surface area contributed by atoms with Gasteiger partial charge < -0.3 is 14.8 Å². The molecule has 33 heavy (non-hydrogen) atoms. The molecular weight excluding hydrogens is 461 g/mol. The number of hydrogen-bond donors (Lipinski definition) is 2. The number of hydrogen-bond acceptors (Lipinski definition) is 5. The Morgan fingerprint density at radius 3 is 2.39 bits per heavy atom. The van der Waals surface area contributed by atoms with Crippen molar-refractivity contribution in [3.05, 3.63) is 83.4 Å². The fourth-order valence-electron chi connectivity index (χ4n) is 3.09. The van der Waals surface area contributed by atoms with Crippen LogP contribution in [0.15, 0.2) is 71.6 Å². The molecule has 0 saturated carbocycles. The number of amides is 1. The predicted molar refractivity (Wildman–Crippen MR) is 112 cm³/mol. The van der Waals surface area contributed by atoms with Crippen LogP contribution in [0, 0.1) is 0 Å². The average Bonchev–Trinajstić information content (AvgIpc) is 3.25. The van der Waals surface area contributed by atoms with E-state index in [1.807, 2.05) is 0 Å². The van der Waals surface area contributed by atoms with Crippen LogP contribution in [0.2, 0.25) is 0 Å². The lowest BCUT2D eigenvalue weighted by Crippen LogP contribution is -2.23. The number of halogens is 3. The minimum Gasteiger partial charge on any atom is -0.454 e. The van der Waals surface area contributed by atoms with Gasteiger partial charge in [-0.15, -0.1) is 0 Å². The van der Waals surface area contributed by atoms with Gasteiger partial charge in [-0.25, -0.2) is 8.42 Å². The van der Waals surface area contributed by atoms with Gasteiger partial charge in [-0.3, -0.25) is 9.52 Å². The molecule has 0 spiro atoms. The van der Waals surface area contributed by atoms with Gasteiger partial charge in [-0.2, -0.15) is 13.2 Å². The van der Waals surface area contributed by atoms with Crippen molar-refractivity contribution in [1.29, 1.82) is 0 Å². The van der Waals surface area contributed by atoms with E-state index in [9.17, 15) is 26.4 Å². The van der Waals surface area contributed by atoms with E-state index >= 15 is 0 Å². The van der Waals surface area contributed by atoms with E-state index in [4.69, 9.17) is 9.47 Å². The van der Waals surface area contributed by atoms with E-state index in [-0.39, 0.29) is 29.5 Å². The minimum absolute atomic E-state index is 0.142. The largest absolute Gasteiger partial charge is 0.454 e. The van der Waals surface area contributed by atoms with Gasteiger partial charge in [-0.1, -0.05) is 12.1 Å². The number of benzene rings is 3. The predicted octanol–water partition coefficient (Wildman–Crippen LogP) is 4.16. The second-order valence-electron chi connectivity index (χ2n) is 7.08. The highest BCUT2D eigenvalue weighted by Gasteiger charge is 2.30. The van der Waals surface area contributed by atoms with Crippen LogP contribution in [0.1, 0.15) is 21.5 Å². The number of sulfonamides is 1. The summed E-state index contributed by atoms with van der Waals surface area (Å²) in [6, 6.07) is 14.2. The maximum Gasteiger partial charge on any atom is 0.416 e. The second-order valence-corrected chi connectivity index (χ2v) is 8.76. The van der Waals surface area contributed by atoms with Gasteiger partial charge in [0.05, 0.1) is 10.5 Å². The first-order chi connectivity index (χ1) is 15.6. The molecule has 0 bridgehead atoms. The summed E-state index contributed by atoms with van der Waals surface area (Å²) < 4.78 is 76.2. The molecule has 172 valence electrons. The Bertz CT molecular complexity index is 1290. The first kappa shape index (κ1) is 22.5. The lowest BCUT2D eigenvalue weighted by atomic mass is 10.2. The molecule has 0 atom stereocenters. The number of ether oxygens (including phenoxy) is 2. The van der Waals surface area contributed by atoms with Crippen molar-refractivity contribution in [2.24, 2.45) is 0 Å². The molecule has 0 aromatic heterocycles. The standard InChI is InChI=1S/C22H17F3N2O5S/c23-22(24,25)16-2-1-3-17(11-16)27-33(29,30)18-7-5-15(6-8-18)21(28)26-12-14-4-9-19-20(10-14)32-13-31-19/h1-11,27H,12-13H2,(H,26,28). The van der Waals surface area contributed by atoms with Crippen LogP contribution in [-0.2, 0) is 22.7 Å². The van der Waals surface area contributed by atoms with E-state index in [2.05, 4.69) is 10.0 Å². The SMILES string of the molecule is O=C(NCc1ccc2c(c1)OCO2)c1ccc(S(=O)(=O)Nc2cccc(C(F)(F)F)c2)cc1. The third-order valence-electron chi connectivity index (χ3n) is 4.76. The first-order valence-electron chi connectivity index (χ1n) is 9.59. The Morgan fingerprint density at radius 1 is 0.939 bits per heavy atom. The normalized spacial score (nSPS) is 12.9. The van der Waals surface area contributed by atoms with Crippen LogP contribution >= 0.6 is 0 Å². The molecular formula is C22H17F3N2O5S. The number of anilines is 1. The summed E-state index contributed by atoms with van der Waals surface area (Å²) >= 11 is 0. The highest BCUT2D eigenvalue weighted by Crippen LogP contribution is 2.33. The van der Waals surface area contributed by atoms with Crippen LogP contribution in [0.4, 0.5) is 18.9 Å². The summed E-state index contributed by atoms with van der Waals surface area (Å²) in [5.74, 6) is 0.785. The number of fused-ring (bicyclic) bond motifs is 1. The third kappa shape index (κ3) is 5.20. The smallest absolute Gasteiger partial charge is 0.416 e. The fourth-order valence-corrected chi connectivity index (χ4v) is 4.14. The highest BCUT2D eigenvalue weighted by atomic mass is 32.2. The van der Waals surface area contributed by atoms with Crippen molar-refractivity contribution < 1.29 is 35.9 Å².